The van der Waals surface area contributed by atoms with E-state index in [1.807, 2.05) is 67.6 Å². The van der Waals surface area contributed by atoms with Crippen molar-refractivity contribution in [3.63, 3.8) is 0 Å². The van der Waals surface area contributed by atoms with E-state index in [0.29, 0.717) is 17.1 Å². The van der Waals surface area contributed by atoms with E-state index in [2.05, 4.69) is 15.6 Å². The standard InChI is InChI=1S/C19H16N4O2/c1-13-11-18(23(21-13)14-7-3-2-4-8-14)20-19(24)12-16-15-9-5-6-10-17(15)25-22-16/h2-11H,12H2,1H3,(H,20,24). The number of anilines is 1. The highest BCUT2D eigenvalue weighted by Crippen LogP contribution is 2.20. The summed E-state index contributed by atoms with van der Waals surface area (Å²) in [7, 11) is 0. The minimum absolute atomic E-state index is 0.135. The monoisotopic (exact) mass is 332 g/mol. The second kappa shape index (κ2) is 6.24. The van der Waals surface area contributed by atoms with Gasteiger partial charge in [-0.3, -0.25) is 4.79 Å². The van der Waals surface area contributed by atoms with Crippen LogP contribution in [0.2, 0.25) is 0 Å². The predicted octanol–water partition coefficient (Wildman–Crippen LogP) is 3.50. The van der Waals surface area contributed by atoms with E-state index in [9.17, 15) is 4.79 Å². The van der Waals surface area contributed by atoms with Crippen LogP contribution in [0, 0.1) is 6.92 Å². The molecule has 4 rings (SSSR count). The van der Waals surface area contributed by atoms with E-state index in [-0.39, 0.29) is 12.3 Å². The Morgan fingerprint density at radius 3 is 2.72 bits per heavy atom. The lowest BCUT2D eigenvalue weighted by Gasteiger charge is -2.08. The number of para-hydroxylation sites is 2. The Kier molecular flexibility index (Phi) is 3.78. The molecule has 6 heteroatoms. The molecular weight excluding hydrogens is 316 g/mol. The fourth-order valence-corrected chi connectivity index (χ4v) is 2.76. The Balaban J connectivity index is 1.57. The van der Waals surface area contributed by atoms with Crippen molar-refractivity contribution in [1.29, 1.82) is 0 Å². The lowest BCUT2D eigenvalue weighted by atomic mass is 10.1. The molecule has 0 radical (unpaired) electrons. The van der Waals surface area contributed by atoms with Gasteiger partial charge in [0.25, 0.3) is 0 Å². The number of nitrogens with one attached hydrogen (secondary N) is 1. The molecule has 1 amide bonds. The number of aryl methyl sites for hydroxylation is 1. The number of amides is 1. The van der Waals surface area contributed by atoms with Crippen molar-refractivity contribution in [3.8, 4) is 5.69 Å². The van der Waals surface area contributed by atoms with Crippen LogP contribution in [-0.4, -0.2) is 20.8 Å². The molecule has 0 unspecified atom stereocenters. The Morgan fingerprint density at radius 2 is 1.88 bits per heavy atom. The zero-order chi connectivity index (χ0) is 17.2. The summed E-state index contributed by atoms with van der Waals surface area (Å²) in [4.78, 5) is 12.5. The number of hydrogen-bond acceptors (Lipinski definition) is 4. The molecule has 0 aliphatic carbocycles. The molecule has 0 aliphatic heterocycles. The minimum atomic E-state index is -0.170. The van der Waals surface area contributed by atoms with E-state index >= 15 is 0 Å². The number of hydrogen-bond donors (Lipinski definition) is 1. The summed E-state index contributed by atoms with van der Waals surface area (Å²) < 4.78 is 6.97. The molecule has 0 saturated carbocycles. The van der Waals surface area contributed by atoms with Crippen molar-refractivity contribution in [2.75, 3.05) is 5.32 Å². The number of fused-ring (bicyclic) bond motifs is 1. The summed E-state index contributed by atoms with van der Waals surface area (Å²) >= 11 is 0. The van der Waals surface area contributed by atoms with Gasteiger partial charge in [0.15, 0.2) is 5.58 Å². The number of benzene rings is 2. The first kappa shape index (κ1) is 15.1. The molecule has 2 aromatic carbocycles. The third kappa shape index (κ3) is 3.01. The highest BCUT2D eigenvalue weighted by Gasteiger charge is 2.15. The quantitative estimate of drug-likeness (QED) is 0.621. The number of aromatic nitrogens is 3. The van der Waals surface area contributed by atoms with Crippen LogP contribution >= 0.6 is 0 Å². The van der Waals surface area contributed by atoms with Crippen molar-refractivity contribution < 1.29 is 9.32 Å². The Bertz CT molecular complexity index is 1030. The first-order chi connectivity index (χ1) is 12.2. The molecular formula is C19H16N4O2. The Morgan fingerprint density at radius 1 is 1.12 bits per heavy atom. The molecule has 4 aromatic rings. The maximum atomic E-state index is 12.5. The van der Waals surface area contributed by atoms with Gasteiger partial charge in [0, 0.05) is 11.5 Å². The number of carbonyl (C=O) groups is 1. The van der Waals surface area contributed by atoms with Crippen LogP contribution in [0.15, 0.2) is 65.2 Å². The summed E-state index contributed by atoms with van der Waals surface area (Å²) in [5.41, 5.74) is 3.01. The van der Waals surface area contributed by atoms with E-state index in [4.69, 9.17) is 4.52 Å². The fraction of sp³-hybridized carbons (Fsp3) is 0.105. The van der Waals surface area contributed by atoms with Crippen molar-refractivity contribution in [3.05, 3.63) is 72.1 Å². The molecule has 0 fully saturated rings. The fourth-order valence-electron chi connectivity index (χ4n) is 2.76. The minimum Gasteiger partial charge on any atom is -0.356 e. The topological polar surface area (TPSA) is 73.0 Å². The van der Waals surface area contributed by atoms with Crippen LogP contribution in [0.4, 0.5) is 5.82 Å². The molecule has 0 atom stereocenters. The lowest BCUT2D eigenvalue weighted by Crippen LogP contribution is -2.17. The normalized spacial score (nSPS) is 10.9. The molecule has 124 valence electrons. The van der Waals surface area contributed by atoms with Gasteiger partial charge in [-0.05, 0) is 31.2 Å². The van der Waals surface area contributed by atoms with Gasteiger partial charge in [0.2, 0.25) is 5.91 Å². The molecule has 2 aromatic heterocycles. The third-order valence-electron chi connectivity index (χ3n) is 3.88. The third-order valence-corrected chi connectivity index (χ3v) is 3.88. The zero-order valence-corrected chi connectivity index (χ0v) is 13.6. The number of carbonyl (C=O) groups excluding carboxylic acids is 1. The molecule has 6 nitrogen and oxygen atoms in total. The maximum absolute atomic E-state index is 12.5. The van der Waals surface area contributed by atoms with Gasteiger partial charge >= 0.3 is 0 Å². The van der Waals surface area contributed by atoms with Crippen molar-refractivity contribution >= 4 is 22.7 Å². The van der Waals surface area contributed by atoms with Gasteiger partial charge < -0.3 is 9.84 Å². The van der Waals surface area contributed by atoms with E-state index in [1.54, 1.807) is 4.68 Å². The summed E-state index contributed by atoms with van der Waals surface area (Å²) in [6.07, 6.45) is 0.135. The van der Waals surface area contributed by atoms with Crippen LogP contribution < -0.4 is 5.32 Å². The van der Waals surface area contributed by atoms with Gasteiger partial charge in [0.1, 0.15) is 11.5 Å². The maximum Gasteiger partial charge on any atom is 0.231 e. The van der Waals surface area contributed by atoms with Crippen LogP contribution in [0.25, 0.3) is 16.7 Å². The first-order valence-electron chi connectivity index (χ1n) is 7.96. The average Bonchev–Trinajstić information content (AvgIpc) is 3.19. The molecule has 1 N–H and O–H groups in total. The second-order valence-corrected chi connectivity index (χ2v) is 5.77. The van der Waals surface area contributed by atoms with E-state index in [1.165, 1.54) is 0 Å². The summed E-state index contributed by atoms with van der Waals surface area (Å²) in [6, 6.07) is 19.0. The van der Waals surface area contributed by atoms with Crippen molar-refractivity contribution in [1.82, 2.24) is 14.9 Å². The Labute approximate surface area is 144 Å². The zero-order valence-electron chi connectivity index (χ0n) is 13.6. The van der Waals surface area contributed by atoms with Gasteiger partial charge in [-0.25, -0.2) is 4.68 Å². The smallest absolute Gasteiger partial charge is 0.231 e. The highest BCUT2D eigenvalue weighted by atomic mass is 16.5. The molecule has 25 heavy (non-hydrogen) atoms. The van der Waals surface area contributed by atoms with Gasteiger partial charge in [-0.1, -0.05) is 35.5 Å². The Hall–Kier alpha value is -3.41. The van der Waals surface area contributed by atoms with Crippen LogP contribution in [0.1, 0.15) is 11.4 Å². The molecule has 2 heterocycles. The summed E-state index contributed by atoms with van der Waals surface area (Å²) in [5, 5.41) is 12.2. The van der Waals surface area contributed by atoms with E-state index < -0.39 is 0 Å². The SMILES string of the molecule is Cc1cc(NC(=O)Cc2noc3ccccc23)n(-c2ccccc2)n1. The molecule has 0 spiro atoms. The van der Waals surface area contributed by atoms with Gasteiger partial charge in [-0.15, -0.1) is 0 Å². The van der Waals surface area contributed by atoms with Crippen molar-refractivity contribution in [2.45, 2.75) is 13.3 Å². The van der Waals surface area contributed by atoms with Crippen LogP contribution in [0.5, 0.6) is 0 Å². The number of nitrogens with zero attached hydrogens (tertiary/aromatic N) is 3. The second-order valence-electron chi connectivity index (χ2n) is 5.77. The highest BCUT2D eigenvalue weighted by molar-refractivity contribution is 5.94. The average molecular weight is 332 g/mol. The molecule has 0 saturated heterocycles. The van der Waals surface area contributed by atoms with Crippen molar-refractivity contribution in [2.24, 2.45) is 0 Å². The van der Waals surface area contributed by atoms with Crippen LogP contribution in [0.3, 0.4) is 0 Å². The molecule has 0 aliphatic rings. The predicted molar refractivity (Wildman–Crippen MR) is 94.6 cm³/mol. The van der Waals surface area contributed by atoms with Gasteiger partial charge in [0.05, 0.1) is 17.8 Å². The summed E-state index contributed by atoms with van der Waals surface area (Å²) in [6.45, 7) is 1.89. The molecule has 0 bridgehead atoms. The van der Waals surface area contributed by atoms with E-state index in [0.717, 1.165) is 16.8 Å². The largest absolute Gasteiger partial charge is 0.356 e. The van der Waals surface area contributed by atoms with Crippen LogP contribution in [-0.2, 0) is 11.2 Å². The summed E-state index contributed by atoms with van der Waals surface area (Å²) in [5.74, 6) is 0.456. The van der Waals surface area contributed by atoms with Gasteiger partial charge in [-0.2, -0.15) is 5.10 Å². The lowest BCUT2D eigenvalue weighted by molar-refractivity contribution is -0.115. The first-order valence-corrected chi connectivity index (χ1v) is 7.96. The number of rotatable bonds is 4.